The molecule has 2 aromatic carbocycles. The molecule has 1 amide bonds. The van der Waals surface area contributed by atoms with Gasteiger partial charge in [-0.25, -0.2) is 4.98 Å². The van der Waals surface area contributed by atoms with Crippen molar-refractivity contribution in [3.8, 4) is 11.1 Å². The normalized spacial score (nSPS) is 11.4. The fourth-order valence-electron chi connectivity index (χ4n) is 3.29. The molecular weight excluding hydrogens is 517 g/mol. The highest BCUT2D eigenvalue weighted by atomic mass is 32.3. The Morgan fingerprint density at radius 1 is 1.00 bits per heavy atom. The van der Waals surface area contributed by atoms with Gasteiger partial charge in [0.2, 0.25) is 11.9 Å². The molecule has 7 N–H and O–H groups in total. The second-order valence-corrected chi connectivity index (χ2v) is 9.75. The number of hydrogen-bond donors (Lipinski definition) is 5. The minimum atomic E-state index is -4.79. The highest BCUT2D eigenvalue weighted by molar-refractivity contribution is 7.86. The summed E-state index contributed by atoms with van der Waals surface area (Å²) < 4.78 is 66.8. The van der Waals surface area contributed by atoms with Crippen LogP contribution in [-0.4, -0.2) is 41.8 Å². The molecule has 0 spiro atoms. The molecule has 0 unspecified atom stereocenters. The molecule has 0 aliphatic heterocycles. The zero-order valence-electron chi connectivity index (χ0n) is 19.1. The van der Waals surface area contributed by atoms with Crippen molar-refractivity contribution in [2.75, 3.05) is 16.8 Å². The Morgan fingerprint density at radius 3 is 2.08 bits per heavy atom. The molecular formula is C21H24FN5O7S2. The summed E-state index contributed by atoms with van der Waals surface area (Å²) in [6.45, 7) is 3.27. The van der Waals surface area contributed by atoms with Gasteiger partial charge in [-0.2, -0.15) is 21.8 Å². The van der Waals surface area contributed by atoms with Crippen molar-refractivity contribution in [1.82, 2.24) is 9.97 Å². The molecule has 36 heavy (non-hydrogen) atoms. The van der Waals surface area contributed by atoms with Gasteiger partial charge in [0.25, 0.3) is 0 Å². The van der Waals surface area contributed by atoms with Gasteiger partial charge >= 0.3 is 20.6 Å². The van der Waals surface area contributed by atoms with Crippen molar-refractivity contribution >= 4 is 44.0 Å². The second kappa shape index (κ2) is 11.4. The van der Waals surface area contributed by atoms with Crippen LogP contribution in [0.1, 0.15) is 23.2 Å². The average Bonchev–Trinajstić information content (AvgIpc) is 2.70. The molecule has 15 heteroatoms. The van der Waals surface area contributed by atoms with Crippen molar-refractivity contribution in [3.05, 3.63) is 59.3 Å². The van der Waals surface area contributed by atoms with E-state index in [9.17, 15) is 17.1 Å². The summed E-state index contributed by atoms with van der Waals surface area (Å²) >= 11 is 0. The number of nitrogens with one attached hydrogen (secondary N) is 1. The van der Waals surface area contributed by atoms with Crippen LogP contribution in [0.4, 0.5) is 21.3 Å². The first kappa shape index (κ1) is 28.6. The number of aromatic nitrogens is 2. The maximum atomic E-state index is 13.1. The largest absolute Gasteiger partial charge is 0.394 e. The molecule has 0 aliphatic carbocycles. The minimum absolute atomic E-state index is 0.123. The molecule has 194 valence electrons. The molecule has 0 bridgehead atoms. The van der Waals surface area contributed by atoms with Crippen LogP contribution in [0, 0.1) is 13.8 Å². The maximum Gasteiger partial charge on any atom is 0.394 e. The first-order valence-corrected chi connectivity index (χ1v) is 12.9. The van der Waals surface area contributed by atoms with E-state index in [-0.39, 0.29) is 23.8 Å². The highest BCUT2D eigenvalue weighted by Gasteiger charge is 2.16. The average molecular weight is 542 g/mol. The molecule has 1 aromatic heterocycles. The van der Waals surface area contributed by atoms with Gasteiger partial charge in [-0.1, -0.05) is 24.3 Å². The van der Waals surface area contributed by atoms with Crippen LogP contribution in [-0.2, 0) is 31.8 Å². The molecule has 0 atom stereocenters. The summed E-state index contributed by atoms with van der Waals surface area (Å²) in [5.74, 6) is 0.183. The van der Waals surface area contributed by atoms with Crippen LogP contribution in [0.5, 0.6) is 0 Å². The van der Waals surface area contributed by atoms with Gasteiger partial charge in [0, 0.05) is 17.7 Å². The van der Waals surface area contributed by atoms with Crippen LogP contribution in [0.2, 0.25) is 0 Å². The van der Waals surface area contributed by atoms with E-state index in [1.54, 1.807) is 6.92 Å². The fourth-order valence-corrected chi connectivity index (χ4v) is 3.97. The standard InChI is InChI=1S/C21H22FN5O3S.H2O4S/c1-12-11-16(8-9-17(12)31(22,29)30)26-18(28)10-5-14-3-6-15(7-4-14)19-13(2)25-21(24)27-20(19)23;1-5(2,3)4/h3-4,6-9,11H,5,10H2,1-2H3,(H,26,28)(H4,23,24,25,27);(H2,1,2,3,4). The van der Waals surface area contributed by atoms with Gasteiger partial charge in [-0.05, 0) is 55.2 Å². The molecule has 0 fully saturated rings. The lowest BCUT2D eigenvalue weighted by Crippen LogP contribution is -2.12. The quantitative estimate of drug-likeness (QED) is 0.226. The van der Waals surface area contributed by atoms with Crippen LogP contribution in [0.15, 0.2) is 47.4 Å². The monoisotopic (exact) mass is 541 g/mol. The molecule has 0 saturated heterocycles. The van der Waals surface area contributed by atoms with E-state index in [0.29, 0.717) is 29.2 Å². The summed E-state index contributed by atoms with van der Waals surface area (Å²) in [5, 5.41) is 2.69. The van der Waals surface area contributed by atoms with E-state index >= 15 is 0 Å². The Labute approximate surface area is 207 Å². The summed E-state index contributed by atoms with van der Waals surface area (Å²) in [7, 11) is -9.46. The number of anilines is 3. The van der Waals surface area contributed by atoms with Crippen molar-refractivity contribution in [2.45, 2.75) is 31.6 Å². The maximum absolute atomic E-state index is 13.1. The fraction of sp³-hybridized carbons (Fsp3) is 0.190. The molecule has 3 rings (SSSR count). The van der Waals surface area contributed by atoms with E-state index in [1.165, 1.54) is 19.1 Å². The number of nitrogen functional groups attached to an aromatic ring is 2. The lowest BCUT2D eigenvalue weighted by molar-refractivity contribution is -0.116. The van der Waals surface area contributed by atoms with Gasteiger partial charge in [-0.3, -0.25) is 13.9 Å². The minimum Gasteiger partial charge on any atom is -0.383 e. The lowest BCUT2D eigenvalue weighted by Gasteiger charge is -2.10. The Kier molecular flexibility index (Phi) is 9.04. The topological polar surface area (TPSA) is 216 Å². The first-order valence-electron chi connectivity index (χ1n) is 10.1. The van der Waals surface area contributed by atoms with Crippen LogP contribution >= 0.6 is 0 Å². The van der Waals surface area contributed by atoms with Gasteiger partial charge < -0.3 is 16.8 Å². The van der Waals surface area contributed by atoms with Gasteiger partial charge in [0.1, 0.15) is 10.7 Å². The number of carbonyl (C=O) groups is 1. The summed E-state index contributed by atoms with van der Waals surface area (Å²) in [6.07, 6.45) is 0.711. The van der Waals surface area contributed by atoms with E-state index in [1.807, 2.05) is 24.3 Å². The number of carbonyl (C=O) groups excluding carboxylic acids is 1. The Hall–Kier alpha value is -3.66. The van der Waals surface area contributed by atoms with Gasteiger partial charge in [0.15, 0.2) is 0 Å². The number of nitrogens with zero attached hydrogens (tertiary/aromatic N) is 2. The zero-order valence-corrected chi connectivity index (χ0v) is 20.8. The molecule has 0 saturated carbocycles. The Morgan fingerprint density at radius 2 is 1.58 bits per heavy atom. The second-order valence-electron chi connectivity index (χ2n) is 7.54. The molecule has 0 radical (unpaired) electrons. The Bertz CT molecular complexity index is 1450. The molecule has 0 aliphatic rings. The number of aryl methyl sites for hydroxylation is 3. The summed E-state index contributed by atoms with van der Waals surface area (Å²) in [4.78, 5) is 20.0. The van der Waals surface area contributed by atoms with Crippen molar-refractivity contribution in [2.24, 2.45) is 0 Å². The third kappa shape index (κ3) is 8.84. The summed E-state index contributed by atoms with van der Waals surface area (Å²) in [6, 6.07) is 11.4. The van der Waals surface area contributed by atoms with E-state index in [2.05, 4.69) is 15.3 Å². The van der Waals surface area contributed by atoms with Gasteiger partial charge in [0.05, 0.1) is 5.69 Å². The Balaban J connectivity index is 0.000000830. The molecule has 12 nitrogen and oxygen atoms in total. The third-order valence-electron chi connectivity index (χ3n) is 4.74. The van der Waals surface area contributed by atoms with E-state index in [4.69, 9.17) is 29.0 Å². The molecule has 1 heterocycles. The zero-order chi connectivity index (χ0) is 27.3. The number of benzene rings is 2. The predicted octanol–water partition coefficient (Wildman–Crippen LogP) is 2.50. The first-order chi connectivity index (χ1) is 16.5. The van der Waals surface area contributed by atoms with Crippen molar-refractivity contribution in [3.63, 3.8) is 0 Å². The third-order valence-corrected chi connectivity index (χ3v) is 5.72. The highest BCUT2D eigenvalue weighted by Crippen LogP contribution is 2.28. The smallest absolute Gasteiger partial charge is 0.383 e. The van der Waals surface area contributed by atoms with Gasteiger partial charge in [-0.15, -0.1) is 3.89 Å². The van der Waals surface area contributed by atoms with E-state index < -0.39 is 25.5 Å². The lowest BCUT2D eigenvalue weighted by atomic mass is 10.0. The van der Waals surface area contributed by atoms with Crippen molar-refractivity contribution in [1.29, 1.82) is 0 Å². The number of nitrogens with two attached hydrogens (primary N) is 2. The number of hydrogen-bond acceptors (Lipinski definition) is 9. The van der Waals surface area contributed by atoms with E-state index in [0.717, 1.165) is 17.2 Å². The van der Waals surface area contributed by atoms with Crippen LogP contribution in [0.3, 0.4) is 0 Å². The van der Waals surface area contributed by atoms with Crippen LogP contribution < -0.4 is 16.8 Å². The SMILES string of the molecule is Cc1cc(NC(=O)CCc2ccc(-c3c(C)nc(N)nc3N)cc2)ccc1S(=O)(=O)F.O=S(=O)(O)O. The number of halogens is 1. The molecule has 3 aromatic rings. The number of rotatable bonds is 6. The van der Waals surface area contributed by atoms with Crippen LogP contribution in [0.25, 0.3) is 11.1 Å². The summed E-state index contributed by atoms with van der Waals surface area (Å²) in [5.41, 5.74) is 15.4. The van der Waals surface area contributed by atoms with Crippen molar-refractivity contribution < 1.29 is 34.6 Å². The number of amides is 1. The predicted molar refractivity (Wildman–Crippen MR) is 132 cm³/mol.